The van der Waals surface area contributed by atoms with Gasteiger partial charge in [-0.2, -0.15) is 0 Å². The van der Waals surface area contributed by atoms with E-state index >= 15 is 0 Å². The lowest BCUT2D eigenvalue weighted by molar-refractivity contribution is 0.102. The number of fused-ring (bicyclic) bond motifs is 1. The van der Waals surface area contributed by atoms with E-state index in [2.05, 4.69) is 10.3 Å². The Hall–Kier alpha value is -2.69. The van der Waals surface area contributed by atoms with Crippen LogP contribution >= 0.6 is 0 Å². The fraction of sp³-hybridized carbons (Fsp3) is 0.176. The average Bonchev–Trinajstić information content (AvgIpc) is 2.90. The second-order valence-corrected chi connectivity index (χ2v) is 5.35. The Bertz CT molecular complexity index is 840. The Morgan fingerprint density at radius 1 is 1.23 bits per heavy atom. The molecular formula is C17H15FN2O2. The minimum absolute atomic E-state index is 0.192. The number of rotatable bonds is 3. The number of carbonyl (C=O) groups is 1. The molecule has 0 saturated heterocycles. The molecule has 3 aromatic rings. The zero-order chi connectivity index (χ0) is 15.7. The van der Waals surface area contributed by atoms with Crippen molar-refractivity contribution in [2.45, 2.75) is 19.8 Å². The summed E-state index contributed by atoms with van der Waals surface area (Å²) in [6.07, 6.45) is 0. The summed E-state index contributed by atoms with van der Waals surface area (Å²) in [6.45, 7) is 3.99. The van der Waals surface area contributed by atoms with Gasteiger partial charge in [0, 0.05) is 17.2 Å². The van der Waals surface area contributed by atoms with Crippen molar-refractivity contribution in [1.29, 1.82) is 0 Å². The highest BCUT2D eigenvalue weighted by atomic mass is 19.1. The standard InChI is InChI=1S/C17H15FN2O2/c1-10(2)17-20-14-9-13(6-7-15(14)22-17)19-16(21)11-4-3-5-12(18)8-11/h3-10H,1-2H3,(H,19,21). The van der Waals surface area contributed by atoms with Crippen LogP contribution in [0, 0.1) is 5.82 Å². The molecule has 0 spiro atoms. The van der Waals surface area contributed by atoms with Crippen molar-refractivity contribution in [2.24, 2.45) is 0 Å². The van der Waals surface area contributed by atoms with Gasteiger partial charge in [0.25, 0.3) is 5.91 Å². The van der Waals surface area contributed by atoms with Crippen LogP contribution < -0.4 is 5.32 Å². The number of aromatic nitrogens is 1. The van der Waals surface area contributed by atoms with Gasteiger partial charge >= 0.3 is 0 Å². The number of nitrogens with zero attached hydrogens (tertiary/aromatic N) is 1. The van der Waals surface area contributed by atoms with E-state index in [1.807, 2.05) is 13.8 Å². The molecule has 1 N–H and O–H groups in total. The molecule has 1 aromatic heterocycles. The Balaban J connectivity index is 1.86. The molecule has 2 aromatic carbocycles. The predicted molar refractivity (Wildman–Crippen MR) is 82.5 cm³/mol. The van der Waals surface area contributed by atoms with Crippen molar-refractivity contribution >= 4 is 22.7 Å². The molecule has 0 unspecified atom stereocenters. The molecule has 0 fully saturated rings. The summed E-state index contributed by atoms with van der Waals surface area (Å²) < 4.78 is 18.8. The van der Waals surface area contributed by atoms with Gasteiger partial charge in [-0.1, -0.05) is 19.9 Å². The first-order valence-corrected chi connectivity index (χ1v) is 7.00. The molecular weight excluding hydrogens is 283 g/mol. The maximum atomic E-state index is 13.2. The third kappa shape index (κ3) is 2.83. The predicted octanol–water partition coefficient (Wildman–Crippen LogP) is 4.34. The van der Waals surface area contributed by atoms with Gasteiger partial charge in [-0.3, -0.25) is 4.79 Å². The van der Waals surface area contributed by atoms with Crippen LogP contribution in [0.1, 0.15) is 36.0 Å². The van der Waals surface area contributed by atoms with Gasteiger partial charge in [0.05, 0.1) is 0 Å². The normalized spacial score (nSPS) is 11.1. The smallest absolute Gasteiger partial charge is 0.255 e. The first-order valence-electron chi connectivity index (χ1n) is 7.00. The van der Waals surface area contributed by atoms with E-state index in [0.29, 0.717) is 22.7 Å². The molecule has 4 nitrogen and oxygen atoms in total. The van der Waals surface area contributed by atoms with E-state index < -0.39 is 5.82 Å². The number of nitrogens with one attached hydrogen (secondary N) is 1. The van der Waals surface area contributed by atoms with Crippen LogP contribution in [-0.2, 0) is 0 Å². The fourth-order valence-corrected chi connectivity index (χ4v) is 2.10. The van der Waals surface area contributed by atoms with E-state index in [9.17, 15) is 9.18 Å². The Kier molecular flexibility index (Phi) is 3.63. The van der Waals surface area contributed by atoms with Crippen LogP contribution in [-0.4, -0.2) is 10.9 Å². The minimum atomic E-state index is -0.443. The van der Waals surface area contributed by atoms with Crippen molar-refractivity contribution in [3.8, 4) is 0 Å². The lowest BCUT2D eigenvalue weighted by atomic mass is 10.2. The molecule has 5 heteroatoms. The molecule has 0 radical (unpaired) electrons. The van der Waals surface area contributed by atoms with E-state index in [4.69, 9.17) is 4.42 Å². The van der Waals surface area contributed by atoms with Gasteiger partial charge in [-0.05, 0) is 36.4 Å². The lowest BCUT2D eigenvalue weighted by Crippen LogP contribution is -2.11. The maximum absolute atomic E-state index is 13.2. The van der Waals surface area contributed by atoms with Crippen molar-refractivity contribution in [3.63, 3.8) is 0 Å². The van der Waals surface area contributed by atoms with E-state index in [1.165, 1.54) is 18.2 Å². The second-order valence-electron chi connectivity index (χ2n) is 5.35. The van der Waals surface area contributed by atoms with Crippen LogP contribution in [0.3, 0.4) is 0 Å². The summed E-state index contributed by atoms with van der Waals surface area (Å²) in [4.78, 5) is 16.5. The lowest BCUT2D eigenvalue weighted by Gasteiger charge is -2.04. The molecule has 112 valence electrons. The third-order valence-corrected chi connectivity index (χ3v) is 3.24. The maximum Gasteiger partial charge on any atom is 0.255 e. The van der Waals surface area contributed by atoms with Gasteiger partial charge in [-0.15, -0.1) is 0 Å². The number of hydrogen-bond acceptors (Lipinski definition) is 3. The van der Waals surface area contributed by atoms with Crippen LogP contribution in [0.2, 0.25) is 0 Å². The Morgan fingerprint density at radius 3 is 2.77 bits per heavy atom. The SMILES string of the molecule is CC(C)c1nc2cc(NC(=O)c3cccc(F)c3)ccc2o1. The van der Waals surface area contributed by atoms with Gasteiger partial charge < -0.3 is 9.73 Å². The molecule has 0 saturated carbocycles. The van der Waals surface area contributed by atoms with E-state index in [0.717, 1.165) is 0 Å². The van der Waals surface area contributed by atoms with Crippen LogP contribution in [0.5, 0.6) is 0 Å². The van der Waals surface area contributed by atoms with E-state index in [1.54, 1.807) is 24.3 Å². The average molecular weight is 298 g/mol. The van der Waals surface area contributed by atoms with E-state index in [-0.39, 0.29) is 17.4 Å². The summed E-state index contributed by atoms with van der Waals surface area (Å²) in [7, 11) is 0. The number of amides is 1. The summed E-state index contributed by atoms with van der Waals surface area (Å²) in [5.41, 5.74) is 2.21. The molecule has 3 rings (SSSR count). The molecule has 0 aliphatic heterocycles. The summed E-state index contributed by atoms with van der Waals surface area (Å²) in [6, 6.07) is 10.8. The highest BCUT2D eigenvalue weighted by molar-refractivity contribution is 6.04. The van der Waals surface area contributed by atoms with Gasteiger partial charge in [0.15, 0.2) is 11.5 Å². The quantitative estimate of drug-likeness (QED) is 0.782. The Morgan fingerprint density at radius 2 is 2.05 bits per heavy atom. The highest BCUT2D eigenvalue weighted by Gasteiger charge is 2.11. The number of carbonyl (C=O) groups excluding carboxylic acids is 1. The molecule has 0 bridgehead atoms. The number of halogens is 1. The third-order valence-electron chi connectivity index (χ3n) is 3.24. The van der Waals surface area contributed by atoms with Crippen molar-refractivity contribution < 1.29 is 13.6 Å². The topological polar surface area (TPSA) is 55.1 Å². The second kappa shape index (κ2) is 5.60. The zero-order valence-corrected chi connectivity index (χ0v) is 12.3. The van der Waals surface area contributed by atoms with Crippen LogP contribution in [0.4, 0.5) is 10.1 Å². The summed E-state index contributed by atoms with van der Waals surface area (Å²) in [5.74, 6) is 0.0361. The van der Waals surface area contributed by atoms with Crippen molar-refractivity contribution in [1.82, 2.24) is 4.98 Å². The zero-order valence-electron chi connectivity index (χ0n) is 12.3. The number of hydrogen-bond donors (Lipinski definition) is 1. The summed E-state index contributed by atoms with van der Waals surface area (Å²) >= 11 is 0. The first-order chi connectivity index (χ1) is 10.5. The molecule has 0 aliphatic rings. The highest BCUT2D eigenvalue weighted by Crippen LogP contribution is 2.24. The van der Waals surface area contributed by atoms with Crippen LogP contribution in [0.25, 0.3) is 11.1 Å². The molecule has 1 heterocycles. The number of anilines is 1. The minimum Gasteiger partial charge on any atom is -0.440 e. The molecule has 0 aliphatic carbocycles. The van der Waals surface area contributed by atoms with Gasteiger partial charge in [0.1, 0.15) is 11.3 Å². The van der Waals surface area contributed by atoms with Crippen LogP contribution in [0.15, 0.2) is 46.9 Å². The molecule has 22 heavy (non-hydrogen) atoms. The largest absolute Gasteiger partial charge is 0.440 e. The Labute approximate surface area is 127 Å². The van der Waals surface area contributed by atoms with Crippen molar-refractivity contribution in [2.75, 3.05) is 5.32 Å². The number of oxazole rings is 1. The molecule has 0 atom stereocenters. The molecule has 1 amide bonds. The number of benzene rings is 2. The summed E-state index contributed by atoms with van der Waals surface area (Å²) in [5, 5.41) is 2.73. The fourth-order valence-electron chi connectivity index (χ4n) is 2.10. The van der Waals surface area contributed by atoms with Crippen molar-refractivity contribution in [3.05, 3.63) is 59.7 Å². The van der Waals surface area contributed by atoms with Gasteiger partial charge in [0.2, 0.25) is 0 Å². The monoisotopic (exact) mass is 298 g/mol. The van der Waals surface area contributed by atoms with Gasteiger partial charge in [-0.25, -0.2) is 9.37 Å². The first kappa shape index (κ1) is 14.3.